The normalized spacial score (nSPS) is 10.9. The summed E-state index contributed by atoms with van der Waals surface area (Å²) in [7, 11) is -4.21. The van der Waals surface area contributed by atoms with Crippen molar-refractivity contribution in [1.82, 2.24) is 14.7 Å². The number of carbonyl (C=O) groups is 1. The summed E-state index contributed by atoms with van der Waals surface area (Å²) in [4.78, 5) is 28.5. The summed E-state index contributed by atoms with van der Waals surface area (Å²) in [5.41, 5.74) is -0.715. The number of hydrogen-bond acceptors (Lipinski definition) is 5. The van der Waals surface area contributed by atoms with Gasteiger partial charge in [0.2, 0.25) is 0 Å². The second kappa shape index (κ2) is 5.02. The molecule has 8 heteroatoms. The maximum absolute atomic E-state index is 11.9. The van der Waals surface area contributed by atoms with E-state index in [2.05, 4.69) is 9.97 Å². The molecule has 0 unspecified atom stereocenters. The summed E-state index contributed by atoms with van der Waals surface area (Å²) >= 11 is 0. The van der Waals surface area contributed by atoms with E-state index in [1.165, 1.54) is 36.8 Å². The molecule has 0 aliphatic rings. The van der Waals surface area contributed by atoms with E-state index in [1.807, 2.05) is 0 Å². The Bertz CT molecular complexity index is 753. The maximum Gasteiger partial charge on any atom is 0.269 e. The van der Waals surface area contributed by atoms with Gasteiger partial charge in [0.1, 0.15) is 0 Å². The molecule has 0 spiro atoms. The lowest BCUT2D eigenvalue weighted by Crippen LogP contribution is -2.34. The molecule has 0 bridgehead atoms. The van der Waals surface area contributed by atoms with Crippen molar-refractivity contribution >= 4 is 15.9 Å². The molecule has 98 valence electrons. The first-order chi connectivity index (χ1) is 9.00. The molecule has 2 heterocycles. The van der Waals surface area contributed by atoms with Crippen LogP contribution in [0.5, 0.6) is 0 Å². The van der Waals surface area contributed by atoms with Crippen molar-refractivity contribution in [3.05, 3.63) is 58.8 Å². The highest BCUT2D eigenvalue weighted by molar-refractivity contribution is 7.90. The molecule has 0 aliphatic carbocycles. The Morgan fingerprint density at radius 3 is 2.68 bits per heavy atom. The first-order valence-corrected chi connectivity index (χ1v) is 6.64. The largest absolute Gasteiger partial charge is 0.328 e. The average molecular weight is 279 g/mol. The predicted molar refractivity (Wildman–Crippen MR) is 66.0 cm³/mol. The maximum atomic E-state index is 11.9. The van der Waals surface area contributed by atoms with Gasteiger partial charge in [0, 0.05) is 18.6 Å². The fourth-order valence-electron chi connectivity index (χ4n) is 1.35. The SMILES string of the molecule is O=C(NS(=O)(=O)c1ccc[nH]c1=O)c1cccnc1. The smallest absolute Gasteiger partial charge is 0.269 e. The molecule has 2 aromatic heterocycles. The summed E-state index contributed by atoms with van der Waals surface area (Å²) in [5, 5.41) is 0. The van der Waals surface area contributed by atoms with E-state index in [-0.39, 0.29) is 5.56 Å². The first kappa shape index (κ1) is 13.0. The lowest BCUT2D eigenvalue weighted by atomic mass is 10.3. The van der Waals surface area contributed by atoms with Crippen LogP contribution in [0.2, 0.25) is 0 Å². The van der Waals surface area contributed by atoms with Crippen molar-refractivity contribution in [3.8, 4) is 0 Å². The Morgan fingerprint density at radius 1 is 1.26 bits per heavy atom. The van der Waals surface area contributed by atoms with Gasteiger partial charge in [-0.25, -0.2) is 13.1 Å². The molecule has 7 nitrogen and oxygen atoms in total. The van der Waals surface area contributed by atoms with Gasteiger partial charge >= 0.3 is 0 Å². The zero-order valence-corrected chi connectivity index (χ0v) is 10.3. The molecule has 2 rings (SSSR count). The van der Waals surface area contributed by atoms with Crippen molar-refractivity contribution < 1.29 is 13.2 Å². The molecule has 0 atom stereocenters. The molecular formula is C11H9N3O4S. The Morgan fingerprint density at radius 2 is 2.05 bits per heavy atom. The van der Waals surface area contributed by atoms with E-state index >= 15 is 0 Å². The van der Waals surface area contributed by atoms with Crippen molar-refractivity contribution in [2.75, 3.05) is 0 Å². The standard InChI is InChI=1S/C11H9N3O4S/c15-10(8-3-1-5-12-7-8)14-19(17,18)9-4-2-6-13-11(9)16/h1-7H,(H,13,16)(H,14,15). The zero-order valence-electron chi connectivity index (χ0n) is 9.53. The van der Waals surface area contributed by atoms with Crippen LogP contribution < -0.4 is 10.3 Å². The topological polar surface area (TPSA) is 109 Å². The molecular weight excluding hydrogens is 270 g/mol. The van der Waals surface area contributed by atoms with Gasteiger partial charge in [0.15, 0.2) is 4.90 Å². The van der Waals surface area contributed by atoms with Crippen LogP contribution in [0.15, 0.2) is 52.5 Å². The Hall–Kier alpha value is -2.48. The Balaban J connectivity index is 2.31. The lowest BCUT2D eigenvalue weighted by molar-refractivity contribution is 0.0981. The second-order valence-electron chi connectivity index (χ2n) is 3.54. The van der Waals surface area contributed by atoms with Gasteiger partial charge in [-0.2, -0.15) is 0 Å². The van der Waals surface area contributed by atoms with Gasteiger partial charge in [-0.3, -0.25) is 14.6 Å². The molecule has 0 aromatic carbocycles. The molecule has 0 radical (unpaired) electrons. The molecule has 0 aliphatic heterocycles. The van der Waals surface area contributed by atoms with Crippen LogP contribution >= 0.6 is 0 Å². The summed E-state index contributed by atoms with van der Waals surface area (Å²) in [6.45, 7) is 0. The highest BCUT2D eigenvalue weighted by atomic mass is 32.2. The molecule has 1 amide bonds. The number of amides is 1. The number of nitrogens with zero attached hydrogens (tertiary/aromatic N) is 1. The van der Waals surface area contributed by atoms with E-state index in [9.17, 15) is 18.0 Å². The third-order valence-corrected chi connectivity index (χ3v) is 3.58. The van der Waals surface area contributed by atoms with E-state index < -0.39 is 26.4 Å². The number of rotatable bonds is 3. The second-order valence-corrected chi connectivity index (χ2v) is 5.19. The quantitative estimate of drug-likeness (QED) is 0.814. The van der Waals surface area contributed by atoms with Crippen LogP contribution in [-0.2, 0) is 10.0 Å². The van der Waals surface area contributed by atoms with Crippen LogP contribution in [0.3, 0.4) is 0 Å². The highest BCUT2D eigenvalue weighted by Gasteiger charge is 2.21. The van der Waals surface area contributed by atoms with Crippen molar-refractivity contribution in [2.45, 2.75) is 4.90 Å². The fraction of sp³-hybridized carbons (Fsp3) is 0. The molecule has 19 heavy (non-hydrogen) atoms. The number of aromatic nitrogens is 2. The minimum absolute atomic E-state index is 0.0819. The number of carbonyl (C=O) groups excluding carboxylic acids is 1. The number of sulfonamides is 1. The van der Waals surface area contributed by atoms with Gasteiger partial charge in [-0.1, -0.05) is 0 Å². The molecule has 2 aromatic rings. The van der Waals surface area contributed by atoms with Crippen molar-refractivity contribution in [3.63, 3.8) is 0 Å². The van der Waals surface area contributed by atoms with E-state index in [0.717, 1.165) is 6.07 Å². The monoisotopic (exact) mass is 279 g/mol. The summed E-state index contributed by atoms with van der Waals surface area (Å²) in [6.07, 6.45) is 3.97. The zero-order chi connectivity index (χ0) is 13.9. The fourth-order valence-corrected chi connectivity index (χ4v) is 2.38. The average Bonchev–Trinajstić information content (AvgIpc) is 2.39. The number of hydrogen-bond donors (Lipinski definition) is 2. The van der Waals surface area contributed by atoms with Crippen molar-refractivity contribution in [2.24, 2.45) is 0 Å². The lowest BCUT2D eigenvalue weighted by Gasteiger charge is -2.05. The predicted octanol–water partition coefficient (Wildman–Crippen LogP) is -0.111. The number of H-pyrrole nitrogens is 1. The molecule has 0 saturated heterocycles. The Labute approximate surface area is 108 Å². The molecule has 2 N–H and O–H groups in total. The minimum Gasteiger partial charge on any atom is -0.328 e. The van der Waals surface area contributed by atoms with E-state index in [0.29, 0.717) is 0 Å². The third kappa shape index (κ3) is 2.86. The van der Waals surface area contributed by atoms with Crippen LogP contribution in [0.1, 0.15) is 10.4 Å². The first-order valence-electron chi connectivity index (χ1n) is 5.15. The summed E-state index contributed by atoms with van der Waals surface area (Å²) in [6, 6.07) is 5.37. The van der Waals surface area contributed by atoms with Gasteiger partial charge in [-0.05, 0) is 24.3 Å². The van der Waals surface area contributed by atoms with Crippen LogP contribution in [-0.4, -0.2) is 24.3 Å². The summed E-state index contributed by atoms with van der Waals surface area (Å²) < 4.78 is 25.5. The Kier molecular flexibility index (Phi) is 3.43. The van der Waals surface area contributed by atoms with Gasteiger partial charge < -0.3 is 4.98 Å². The van der Waals surface area contributed by atoms with Crippen molar-refractivity contribution in [1.29, 1.82) is 0 Å². The molecule has 0 fully saturated rings. The van der Waals surface area contributed by atoms with Gasteiger partial charge in [0.25, 0.3) is 21.5 Å². The molecule has 0 saturated carbocycles. The number of pyridine rings is 2. The number of aromatic amines is 1. The van der Waals surface area contributed by atoms with E-state index in [4.69, 9.17) is 0 Å². The van der Waals surface area contributed by atoms with Crippen LogP contribution in [0.4, 0.5) is 0 Å². The van der Waals surface area contributed by atoms with Gasteiger partial charge in [-0.15, -0.1) is 0 Å². The summed E-state index contributed by atoms with van der Waals surface area (Å²) in [5.74, 6) is -0.851. The van der Waals surface area contributed by atoms with E-state index in [1.54, 1.807) is 4.72 Å². The third-order valence-electron chi connectivity index (χ3n) is 2.22. The van der Waals surface area contributed by atoms with Gasteiger partial charge in [0.05, 0.1) is 5.56 Å². The van der Waals surface area contributed by atoms with Crippen LogP contribution in [0.25, 0.3) is 0 Å². The van der Waals surface area contributed by atoms with Crippen LogP contribution in [0, 0.1) is 0 Å². The minimum atomic E-state index is -4.21. The number of nitrogens with one attached hydrogen (secondary N) is 2. The highest BCUT2D eigenvalue weighted by Crippen LogP contribution is 2.03.